The van der Waals surface area contributed by atoms with Crippen molar-refractivity contribution in [2.24, 2.45) is 5.41 Å². The van der Waals surface area contributed by atoms with Crippen LogP contribution in [0.2, 0.25) is 0 Å². The minimum absolute atomic E-state index is 0.0356. The van der Waals surface area contributed by atoms with E-state index in [0.29, 0.717) is 22.4 Å². The largest absolute Gasteiger partial charge is 0.508 e. The van der Waals surface area contributed by atoms with Gasteiger partial charge >= 0.3 is 0 Å². The first-order valence-electron chi connectivity index (χ1n) is 9.55. The number of hydrogen-bond donors (Lipinski definition) is 2. The van der Waals surface area contributed by atoms with E-state index in [4.69, 9.17) is 0 Å². The smallest absolute Gasteiger partial charge is 0.257 e. The molecule has 1 atom stereocenters. The number of likely N-dealkylation sites (tertiary alicyclic amines) is 1. The van der Waals surface area contributed by atoms with Crippen molar-refractivity contribution < 1.29 is 14.7 Å². The lowest BCUT2D eigenvalue weighted by Gasteiger charge is -2.30. The molecule has 1 unspecified atom stereocenters. The van der Waals surface area contributed by atoms with E-state index in [2.05, 4.69) is 31.1 Å². The summed E-state index contributed by atoms with van der Waals surface area (Å²) in [7, 11) is 0. The number of phenols is 1. The number of aromatic nitrogens is 1. The van der Waals surface area contributed by atoms with Crippen molar-refractivity contribution in [1.29, 1.82) is 0 Å². The number of amides is 2. The molecular formula is C21H27N3O3S. The average Bonchev–Trinajstić information content (AvgIpc) is 3.22. The van der Waals surface area contributed by atoms with E-state index in [1.54, 1.807) is 12.1 Å². The lowest BCUT2D eigenvalue weighted by molar-refractivity contribution is -0.131. The van der Waals surface area contributed by atoms with Gasteiger partial charge in [-0.1, -0.05) is 26.8 Å². The Morgan fingerprint density at radius 1 is 1.36 bits per heavy atom. The number of nitrogens with one attached hydrogen (secondary N) is 1. The molecular weight excluding hydrogens is 374 g/mol. The number of hydrogen-bond acceptors (Lipinski definition) is 5. The molecule has 0 aliphatic carbocycles. The van der Waals surface area contributed by atoms with E-state index in [-0.39, 0.29) is 29.4 Å². The molecule has 0 radical (unpaired) electrons. The van der Waals surface area contributed by atoms with Gasteiger partial charge in [-0.05, 0) is 42.9 Å². The summed E-state index contributed by atoms with van der Waals surface area (Å²) in [6.07, 6.45) is 3.36. The molecule has 0 bridgehead atoms. The number of carbonyl (C=O) groups excluding carboxylic acids is 2. The van der Waals surface area contributed by atoms with Crippen LogP contribution in [-0.2, 0) is 11.2 Å². The lowest BCUT2D eigenvalue weighted by atomic mass is 9.87. The van der Waals surface area contributed by atoms with Crippen molar-refractivity contribution >= 4 is 28.3 Å². The summed E-state index contributed by atoms with van der Waals surface area (Å²) in [4.78, 5) is 31.4. The molecule has 1 aliphatic heterocycles. The first-order valence-corrected chi connectivity index (χ1v) is 10.4. The minimum Gasteiger partial charge on any atom is -0.508 e. The number of rotatable bonds is 5. The van der Waals surface area contributed by atoms with Gasteiger partial charge in [0.05, 0.1) is 12.1 Å². The van der Waals surface area contributed by atoms with Crippen LogP contribution in [0.3, 0.4) is 0 Å². The Bertz CT molecular complexity index is 857. The molecule has 1 aliphatic rings. The number of benzene rings is 1. The number of thiazole rings is 1. The highest BCUT2D eigenvalue weighted by atomic mass is 32.1. The van der Waals surface area contributed by atoms with E-state index in [1.165, 1.54) is 23.5 Å². The van der Waals surface area contributed by atoms with Gasteiger partial charge in [-0.25, -0.2) is 4.98 Å². The van der Waals surface area contributed by atoms with Crippen LogP contribution in [0.5, 0.6) is 5.75 Å². The van der Waals surface area contributed by atoms with Crippen molar-refractivity contribution in [2.45, 2.75) is 52.5 Å². The second-order valence-corrected chi connectivity index (χ2v) is 9.33. The summed E-state index contributed by atoms with van der Waals surface area (Å²) >= 11 is 1.30. The lowest BCUT2D eigenvalue weighted by Crippen LogP contribution is -2.38. The second kappa shape index (κ2) is 8.31. The Balaban J connectivity index is 1.59. The molecule has 28 heavy (non-hydrogen) atoms. The Kier molecular flexibility index (Phi) is 6.03. The van der Waals surface area contributed by atoms with Gasteiger partial charge in [0.25, 0.3) is 5.91 Å². The molecule has 6 nitrogen and oxygen atoms in total. The molecule has 0 spiro atoms. The van der Waals surface area contributed by atoms with Gasteiger partial charge in [0.2, 0.25) is 5.91 Å². The van der Waals surface area contributed by atoms with Crippen LogP contribution in [0.25, 0.3) is 0 Å². The maximum absolute atomic E-state index is 12.8. The summed E-state index contributed by atoms with van der Waals surface area (Å²) in [6, 6.07) is 6.44. The van der Waals surface area contributed by atoms with Crippen LogP contribution < -0.4 is 5.32 Å². The first kappa shape index (κ1) is 20.3. The highest BCUT2D eigenvalue weighted by Gasteiger charge is 2.31. The van der Waals surface area contributed by atoms with E-state index < -0.39 is 0 Å². The monoisotopic (exact) mass is 401 g/mol. The van der Waals surface area contributed by atoms with Crippen molar-refractivity contribution in [3.05, 3.63) is 40.9 Å². The van der Waals surface area contributed by atoms with Crippen molar-refractivity contribution in [1.82, 2.24) is 9.88 Å². The summed E-state index contributed by atoms with van der Waals surface area (Å²) in [6.45, 7) is 7.42. The van der Waals surface area contributed by atoms with Crippen LogP contribution in [0.4, 0.5) is 5.13 Å². The van der Waals surface area contributed by atoms with Crippen molar-refractivity contribution in [3.63, 3.8) is 0 Å². The maximum atomic E-state index is 12.8. The molecule has 0 saturated carbocycles. The fraction of sp³-hybridized carbons (Fsp3) is 0.476. The normalized spacial score (nSPS) is 17.0. The molecule has 1 saturated heterocycles. The maximum Gasteiger partial charge on any atom is 0.257 e. The second-order valence-electron chi connectivity index (χ2n) is 8.47. The highest BCUT2D eigenvalue weighted by molar-refractivity contribution is 7.14. The number of carbonyl (C=O) groups is 2. The molecule has 2 N–H and O–H groups in total. The van der Waals surface area contributed by atoms with Gasteiger partial charge in [-0.15, -0.1) is 11.3 Å². The molecule has 150 valence electrons. The predicted molar refractivity (Wildman–Crippen MR) is 111 cm³/mol. The third kappa shape index (κ3) is 5.32. The number of phenolic OH excluding ortho intramolecular Hbond substituents is 1. The fourth-order valence-corrected chi connectivity index (χ4v) is 4.31. The van der Waals surface area contributed by atoms with Gasteiger partial charge in [0, 0.05) is 23.5 Å². The molecule has 2 amide bonds. The van der Waals surface area contributed by atoms with E-state index in [0.717, 1.165) is 25.8 Å². The zero-order chi connectivity index (χ0) is 20.3. The standard InChI is InChI=1S/C21H27N3O3S/c1-21(2,3)12-16-7-5-9-24(16)18(26)11-15-13-28-20(22-15)23-19(27)14-6-4-8-17(25)10-14/h4,6,8,10,13,16,25H,5,7,9,11-12H2,1-3H3,(H,22,23,27). The molecule has 7 heteroatoms. The zero-order valence-corrected chi connectivity index (χ0v) is 17.4. The number of aromatic hydroxyl groups is 1. The molecule has 1 aromatic carbocycles. The Labute approximate surface area is 169 Å². The van der Waals surface area contributed by atoms with Gasteiger partial charge in [0.1, 0.15) is 5.75 Å². The van der Waals surface area contributed by atoms with E-state index in [9.17, 15) is 14.7 Å². The van der Waals surface area contributed by atoms with Crippen LogP contribution in [-0.4, -0.2) is 39.4 Å². The van der Waals surface area contributed by atoms with Gasteiger partial charge < -0.3 is 10.0 Å². The quantitative estimate of drug-likeness (QED) is 0.791. The van der Waals surface area contributed by atoms with Crippen LogP contribution in [0, 0.1) is 5.41 Å². The van der Waals surface area contributed by atoms with Gasteiger partial charge in [-0.2, -0.15) is 0 Å². The SMILES string of the molecule is CC(C)(C)CC1CCCN1C(=O)Cc1csc(NC(=O)c2cccc(O)c2)n1. The summed E-state index contributed by atoms with van der Waals surface area (Å²) in [5.74, 6) is -0.204. The third-order valence-electron chi connectivity index (χ3n) is 4.76. The van der Waals surface area contributed by atoms with Crippen molar-refractivity contribution in [3.8, 4) is 5.75 Å². The van der Waals surface area contributed by atoms with E-state index in [1.807, 2.05) is 10.3 Å². The molecule has 2 aromatic rings. The zero-order valence-electron chi connectivity index (χ0n) is 16.6. The van der Waals surface area contributed by atoms with E-state index >= 15 is 0 Å². The van der Waals surface area contributed by atoms with Crippen LogP contribution in [0.15, 0.2) is 29.6 Å². The van der Waals surface area contributed by atoms with Crippen molar-refractivity contribution in [2.75, 3.05) is 11.9 Å². The first-order chi connectivity index (χ1) is 13.2. The van der Waals surface area contributed by atoms with Crippen LogP contribution in [0.1, 0.15) is 56.1 Å². The predicted octanol–water partition coefficient (Wildman–Crippen LogP) is 4.07. The summed E-state index contributed by atoms with van der Waals surface area (Å²) in [5.41, 5.74) is 1.22. The Hall–Kier alpha value is -2.41. The fourth-order valence-electron chi connectivity index (χ4n) is 3.60. The van der Waals surface area contributed by atoms with Gasteiger partial charge in [0.15, 0.2) is 5.13 Å². The Morgan fingerprint density at radius 3 is 2.86 bits per heavy atom. The average molecular weight is 402 g/mol. The molecule has 3 rings (SSSR count). The van der Waals surface area contributed by atoms with Gasteiger partial charge in [-0.3, -0.25) is 14.9 Å². The summed E-state index contributed by atoms with van der Waals surface area (Å²) < 4.78 is 0. The summed E-state index contributed by atoms with van der Waals surface area (Å²) in [5, 5.41) is 14.5. The number of nitrogens with zero attached hydrogens (tertiary/aromatic N) is 2. The third-order valence-corrected chi connectivity index (χ3v) is 5.56. The highest BCUT2D eigenvalue weighted by Crippen LogP contribution is 2.30. The Morgan fingerprint density at radius 2 is 2.14 bits per heavy atom. The molecule has 1 fully saturated rings. The molecule has 2 heterocycles. The number of anilines is 1. The molecule has 1 aromatic heterocycles. The minimum atomic E-state index is -0.340. The van der Waals surface area contributed by atoms with Crippen LogP contribution >= 0.6 is 11.3 Å². The topological polar surface area (TPSA) is 82.5 Å².